The Morgan fingerprint density at radius 1 is 1.10 bits per heavy atom. The summed E-state index contributed by atoms with van der Waals surface area (Å²) in [6, 6.07) is 3.96. The van der Waals surface area contributed by atoms with E-state index in [0.29, 0.717) is 18.4 Å². The summed E-state index contributed by atoms with van der Waals surface area (Å²) in [5.74, 6) is -1.54. The number of aliphatic hydroxyl groups excluding tert-OH is 4. The number of rotatable bonds is 6. The molecule has 1 saturated heterocycles. The van der Waals surface area contributed by atoms with E-state index in [9.17, 15) is 35.4 Å². The number of benzene rings is 1. The molecule has 0 amide bonds. The van der Waals surface area contributed by atoms with E-state index in [2.05, 4.69) is 0 Å². The fraction of sp³-hybridized carbons (Fsp3) is 0.571. The van der Waals surface area contributed by atoms with Crippen molar-refractivity contribution in [2.24, 2.45) is 0 Å². The number of aromatic hydroxyl groups is 2. The number of aliphatic hydroxyl groups is 4. The molecule has 6 N–H and O–H groups in total. The predicted octanol–water partition coefficient (Wildman–Crippen LogP) is -0.218. The molecule has 1 saturated carbocycles. The molecule has 1 aromatic rings. The van der Waals surface area contributed by atoms with Crippen molar-refractivity contribution in [3.63, 3.8) is 0 Å². The minimum Gasteiger partial charge on any atom is -0.504 e. The van der Waals surface area contributed by atoms with Gasteiger partial charge in [0.25, 0.3) is 0 Å². The van der Waals surface area contributed by atoms with Crippen molar-refractivity contribution < 1.29 is 49.6 Å². The van der Waals surface area contributed by atoms with E-state index >= 15 is 0 Å². The van der Waals surface area contributed by atoms with Crippen LogP contribution in [0.5, 0.6) is 11.5 Å². The number of ether oxygens (including phenoxy) is 3. The summed E-state index contributed by atoms with van der Waals surface area (Å²) in [5.41, 5.74) is 0.409. The molecule has 7 atom stereocenters. The van der Waals surface area contributed by atoms with Crippen molar-refractivity contribution in [3.05, 3.63) is 29.8 Å². The molecule has 1 aromatic carbocycles. The van der Waals surface area contributed by atoms with Gasteiger partial charge in [0, 0.05) is 6.08 Å². The molecule has 1 aliphatic carbocycles. The zero-order valence-electron chi connectivity index (χ0n) is 16.8. The monoisotopic (exact) mass is 440 g/mol. The van der Waals surface area contributed by atoms with Gasteiger partial charge in [0.05, 0.1) is 18.8 Å². The molecule has 1 aliphatic heterocycles. The fourth-order valence-electron chi connectivity index (χ4n) is 3.68. The number of carbonyl (C=O) groups excluding carboxylic acids is 1. The van der Waals surface area contributed by atoms with Crippen molar-refractivity contribution in [3.8, 4) is 11.5 Å². The van der Waals surface area contributed by atoms with Gasteiger partial charge < -0.3 is 44.8 Å². The third kappa shape index (κ3) is 5.73. The van der Waals surface area contributed by atoms with E-state index in [1.807, 2.05) is 0 Å². The average Bonchev–Trinajstić information content (AvgIpc) is 2.75. The summed E-state index contributed by atoms with van der Waals surface area (Å²) in [7, 11) is 0. The highest BCUT2D eigenvalue weighted by atomic mass is 16.7. The van der Waals surface area contributed by atoms with Crippen molar-refractivity contribution in [2.75, 3.05) is 6.61 Å². The van der Waals surface area contributed by atoms with Crippen LogP contribution in [0.25, 0.3) is 6.08 Å². The molecular weight excluding hydrogens is 412 g/mol. The third-order valence-corrected chi connectivity index (χ3v) is 5.46. The summed E-state index contributed by atoms with van der Waals surface area (Å²) >= 11 is 0. The van der Waals surface area contributed by atoms with Crippen LogP contribution in [0.1, 0.15) is 31.2 Å². The minimum absolute atomic E-state index is 0.306. The summed E-state index contributed by atoms with van der Waals surface area (Å²) < 4.78 is 16.6. The Hall–Kier alpha value is -2.21. The maximum Gasteiger partial charge on any atom is 0.331 e. The number of esters is 1. The lowest BCUT2D eigenvalue weighted by atomic mass is 9.94. The van der Waals surface area contributed by atoms with Crippen LogP contribution in [-0.4, -0.2) is 86.1 Å². The van der Waals surface area contributed by atoms with Gasteiger partial charge in [0.15, 0.2) is 23.9 Å². The van der Waals surface area contributed by atoms with Crippen molar-refractivity contribution in [2.45, 2.75) is 68.6 Å². The van der Waals surface area contributed by atoms with E-state index in [0.717, 1.165) is 18.9 Å². The minimum atomic E-state index is -1.59. The van der Waals surface area contributed by atoms with Crippen LogP contribution >= 0.6 is 0 Å². The molecule has 0 spiro atoms. The van der Waals surface area contributed by atoms with E-state index in [-0.39, 0.29) is 11.5 Å². The maximum atomic E-state index is 12.3. The summed E-state index contributed by atoms with van der Waals surface area (Å²) in [6.45, 7) is -0.587. The normalized spacial score (nSPS) is 34.0. The topological polar surface area (TPSA) is 166 Å². The van der Waals surface area contributed by atoms with Gasteiger partial charge in [0.1, 0.15) is 18.3 Å². The van der Waals surface area contributed by atoms with E-state index in [4.69, 9.17) is 14.2 Å². The number of phenolic OH excluding ortho intramolecular Hbond substituents is 2. The Kier molecular flexibility index (Phi) is 7.87. The van der Waals surface area contributed by atoms with Crippen LogP contribution < -0.4 is 0 Å². The Labute approximate surface area is 178 Å². The summed E-state index contributed by atoms with van der Waals surface area (Å²) in [4.78, 5) is 12.3. The molecule has 0 unspecified atom stereocenters. The first-order chi connectivity index (χ1) is 14.8. The standard InChI is InChI=1S/C21H28O10/c22-10-16-18(27)19(28)20(21(30-16)29-15-4-2-1-3-13(15)24)31-17(26)8-6-11-5-7-12(23)14(25)9-11/h5-9,13,15-16,18-25,27-28H,1-4,10H2/t13-,15-,16+,18+,19-,20-,21+/m0/s1. The van der Waals surface area contributed by atoms with E-state index in [1.54, 1.807) is 0 Å². The Balaban J connectivity index is 1.71. The van der Waals surface area contributed by atoms with E-state index in [1.165, 1.54) is 24.3 Å². The second-order valence-electron chi connectivity index (χ2n) is 7.72. The van der Waals surface area contributed by atoms with E-state index < -0.39 is 55.5 Å². The second kappa shape index (κ2) is 10.4. The van der Waals surface area contributed by atoms with Crippen molar-refractivity contribution in [1.82, 2.24) is 0 Å². The molecule has 0 bridgehead atoms. The Bertz CT molecular complexity index is 781. The van der Waals surface area contributed by atoms with Crippen LogP contribution in [0, 0.1) is 0 Å². The largest absolute Gasteiger partial charge is 0.504 e. The van der Waals surface area contributed by atoms with Crippen LogP contribution in [0.15, 0.2) is 24.3 Å². The third-order valence-electron chi connectivity index (χ3n) is 5.46. The summed E-state index contributed by atoms with van der Waals surface area (Å²) in [6.07, 6.45) is -3.17. The first-order valence-corrected chi connectivity index (χ1v) is 10.2. The smallest absolute Gasteiger partial charge is 0.331 e. The molecule has 2 aliphatic rings. The van der Waals surface area contributed by atoms with Gasteiger partial charge in [-0.15, -0.1) is 0 Å². The average molecular weight is 440 g/mol. The number of hydrogen-bond acceptors (Lipinski definition) is 10. The molecule has 10 heteroatoms. The molecule has 31 heavy (non-hydrogen) atoms. The lowest BCUT2D eigenvalue weighted by Crippen LogP contribution is -2.61. The highest BCUT2D eigenvalue weighted by Crippen LogP contribution is 2.30. The van der Waals surface area contributed by atoms with Crippen molar-refractivity contribution in [1.29, 1.82) is 0 Å². The van der Waals surface area contributed by atoms with Crippen molar-refractivity contribution >= 4 is 12.0 Å². The quantitative estimate of drug-likeness (QED) is 0.198. The Morgan fingerprint density at radius 3 is 2.52 bits per heavy atom. The molecule has 0 aromatic heterocycles. The van der Waals surface area contributed by atoms with Crippen LogP contribution in [-0.2, 0) is 19.0 Å². The van der Waals surface area contributed by atoms with Gasteiger partial charge in [-0.25, -0.2) is 4.79 Å². The Morgan fingerprint density at radius 2 is 1.84 bits per heavy atom. The summed E-state index contributed by atoms with van der Waals surface area (Å²) in [5, 5.41) is 59.0. The molecule has 1 heterocycles. The van der Waals surface area contributed by atoms with Gasteiger partial charge in [-0.1, -0.05) is 18.9 Å². The highest BCUT2D eigenvalue weighted by molar-refractivity contribution is 5.87. The highest BCUT2D eigenvalue weighted by Gasteiger charge is 2.48. The molecule has 10 nitrogen and oxygen atoms in total. The fourth-order valence-corrected chi connectivity index (χ4v) is 3.68. The molecule has 3 rings (SSSR count). The number of hydrogen-bond donors (Lipinski definition) is 6. The number of phenols is 2. The van der Waals surface area contributed by atoms with Crippen LogP contribution in [0.2, 0.25) is 0 Å². The number of carbonyl (C=O) groups is 1. The maximum absolute atomic E-state index is 12.3. The molecule has 172 valence electrons. The zero-order chi connectivity index (χ0) is 22.5. The van der Waals surface area contributed by atoms with Crippen LogP contribution in [0.3, 0.4) is 0 Å². The van der Waals surface area contributed by atoms with Gasteiger partial charge in [0.2, 0.25) is 0 Å². The lowest BCUT2D eigenvalue weighted by Gasteiger charge is -2.43. The second-order valence-corrected chi connectivity index (χ2v) is 7.72. The SMILES string of the molecule is O=C(C=Cc1ccc(O)c(O)c1)O[C@@H]1[C@H](O[C@H]2CCCC[C@@H]2O)O[C@H](CO)[C@@H](O)[C@@H]1O. The predicted molar refractivity (Wildman–Crippen MR) is 106 cm³/mol. The van der Waals surface area contributed by atoms with Gasteiger partial charge in [-0.2, -0.15) is 0 Å². The van der Waals surface area contributed by atoms with Crippen LogP contribution in [0.4, 0.5) is 0 Å². The van der Waals surface area contributed by atoms with Gasteiger partial charge in [-0.3, -0.25) is 0 Å². The zero-order valence-corrected chi connectivity index (χ0v) is 16.8. The lowest BCUT2D eigenvalue weighted by molar-refractivity contribution is -0.320. The molecule has 0 radical (unpaired) electrons. The molecule has 2 fully saturated rings. The molecular formula is C21H28O10. The first-order valence-electron chi connectivity index (χ1n) is 10.2. The van der Waals surface area contributed by atoms with Gasteiger partial charge in [-0.05, 0) is 36.6 Å². The first kappa shape index (κ1) is 23.5. The van der Waals surface area contributed by atoms with Gasteiger partial charge >= 0.3 is 5.97 Å².